The summed E-state index contributed by atoms with van der Waals surface area (Å²) >= 11 is 0. The summed E-state index contributed by atoms with van der Waals surface area (Å²) in [6.07, 6.45) is 5.72. The molecule has 0 saturated carbocycles. The third-order valence-electron chi connectivity index (χ3n) is 3.32. The van der Waals surface area contributed by atoms with Crippen molar-refractivity contribution in [2.75, 3.05) is 6.54 Å². The number of rotatable bonds is 4. The number of ether oxygens (including phenoxy) is 1. The van der Waals surface area contributed by atoms with Crippen LogP contribution in [0.4, 0.5) is 0 Å². The van der Waals surface area contributed by atoms with Gasteiger partial charge >= 0.3 is 0 Å². The lowest BCUT2D eigenvalue weighted by Gasteiger charge is -2.19. The number of carbonyl (C=O) groups excluding carboxylic acids is 1. The fraction of sp³-hybridized carbons (Fsp3) is 0.692. The third-order valence-corrected chi connectivity index (χ3v) is 3.32. The lowest BCUT2D eigenvalue weighted by atomic mass is 10.1. The van der Waals surface area contributed by atoms with Crippen LogP contribution >= 0.6 is 0 Å². The molecule has 0 aromatic carbocycles. The number of hydrogen-bond donors (Lipinski definition) is 1. The summed E-state index contributed by atoms with van der Waals surface area (Å²) in [4.78, 5) is 15.8. The van der Waals surface area contributed by atoms with Crippen molar-refractivity contribution in [3.63, 3.8) is 0 Å². The van der Waals surface area contributed by atoms with Gasteiger partial charge in [0, 0.05) is 18.9 Å². The molecule has 5 nitrogen and oxygen atoms in total. The Balaban J connectivity index is 1.74. The maximum absolute atomic E-state index is 11.8. The van der Waals surface area contributed by atoms with Crippen LogP contribution in [0.5, 0.6) is 0 Å². The summed E-state index contributed by atoms with van der Waals surface area (Å²) in [5, 5.41) is 2.92. The van der Waals surface area contributed by atoms with Gasteiger partial charge in [-0.25, -0.2) is 4.98 Å². The fourth-order valence-electron chi connectivity index (χ4n) is 2.23. The lowest BCUT2D eigenvalue weighted by Crippen LogP contribution is -2.35. The number of hydrogen-bond acceptors (Lipinski definition) is 3. The van der Waals surface area contributed by atoms with Crippen molar-refractivity contribution in [2.45, 2.75) is 51.9 Å². The van der Waals surface area contributed by atoms with Crippen molar-refractivity contribution in [3.8, 4) is 0 Å². The molecule has 0 spiro atoms. The Morgan fingerprint density at radius 3 is 3.00 bits per heavy atom. The summed E-state index contributed by atoms with van der Waals surface area (Å²) in [5.74, 6) is 0.854. The topological polar surface area (TPSA) is 56.2 Å². The van der Waals surface area contributed by atoms with Crippen molar-refractivity contribution in [1.82, 2.24) is 14.9 Å². The highest BCUT2D eigenvalue weighted by Crippen LogP contribution is 2.28. The van der Waals surface area contributed by atoms with Crippen LogP contribution in [0.1, 0.15) is 32.5 Å². The minimum Gasteiger partial charge on any atom is -0.371 e. The van der Waals surface area contributed by atoms with Crippen molar-refractivity contribution in [1.29, 1.82) is 0 Å². The molecule has 1 amide bonds. The molecule has 0 bridgehead atoms. The molecule has 1 atom stereocenters. The average Bonchev–Trinajstić information content (AvgIpc) is 2.83. The predicted molar refractivity (Wildman–Crippen MR) is 68.2 cm³/mol. The predicted octanol–water partition coefficient (Wildman–Crippen LogP) is 1.27. The molecule has 1 saturated heterocycles. The molecule has 1 aliphatic rings. The van der Waals surface area contributed by atoms with Gasteiger partial charge in [-0.05, 0) is 33.6 Å². The normalized spacial score (nSPS) is 22.1. The summed E-state index contributed by atoms with van der Waals surface area (Å²) in [5.41, 5.74) is -0.0453. The molecule has 2 heterocycles. The maximum Gasteiger partial charge on any atom is 0.240 e. The van der Waals surface area contributed by atoms with E-state index in [0.717, 1.165) is 18.7 Å². The molecule has 1 unspecified atom stereocenters. The van der Waals surface area contributed by atoms with E-state index in [2.05, 4.69) is 24.1 Å². The average molecular weight is 251 g/mol. The lowest BCUT2D eigenvalue weighted by molar-refractivity contribution is -0.122. The zero-order valence-corrected chi connectivity index (χ0v) is 11.3. The number of nitrogens with one attached hydrogen (secondary N) is 1. The highest BCUT2D eigenvalue weighted by atomic mass is 16.5. The molecular formula is C13H21N3O2. The van der Waals surface area contributed by atoms with Crippen LogP contribution in [0.2, 0.25) is 0 Å². The van der Waals surface area contributed by atoms with Gasteiger partial charge < -0.3 is 14.6 Å². The van der Waals surface area contributed by atoms with Crippen LogP contribution in [-0.2, 0) is 16.1 Å². The SMILES string of the molecule is Cc1nccn1CC(=O)NCC1CCC(C)(C)O1. The van der Waals surface area contributed by atoms with Crippen LogP contribution in [-0.4, -0.2) is 33.7 Å². The van der Waals surface area contributed by atoms with Crippen molar-refractivity contribution in [3.05, 3.63) is 18.2 Å². The van der Waals surface area contributed by atoms with Gasteiger partial charge in [0.25, 0.3) is 0 Å². The highest BCUT2D eigenvalue weighted by molar-refractivity contribution is 5.75. The van der Waals surface area contributed by atoms with E-state index in [1.54, 1.807) is 6.20 Å². The molecule has 1 aromatic rings. The van der Waals surface area contributed by atoms with E-state index in [-0.39, 0.29) is 17.6 Å². The summed E-state index contributed by atoms with van der Waals surface area (Å²) in [6, 6.07) is 0. The second-order valence-corrected chi connectivity index (χ2v) is 5.44. The van der Waals surface area contributed by atoms with Gasteiger partial charge in [-0.3, -0.25) is 4.79 Å². The van der Waals surface area contributed by atoms with Crippen molar-refractivity contribution >= 4 is 5.91 Å². The van der Waals surface area contributed by atoms with E-state index in [9.17, 15) is 4.79 Å². The molecule has 100 valence electrons. The molecule has 1 aliphatic heterocycles. The van der Waals surface area contributed by atoms with Gasteiger partial charge in [0.1, 0.15) is 12.4 Å². The number of aromatic nitrogens is 2. The first kappa shape index (κ1) is 13.1. The fourth-order valence-corrected chi connectivity index (χ4v) is 2.23. The number of aryl methyl sites for hydroxylation is 1. The second kappa shape index (κ2) is 5.10. The Hall–Kier alpha value is -1.36. The van der Waals surface area contributed by atoms with Gasteiger partial charge in [-0.2, -0.15) is 0 Å². The van der Waals surface area contributed by atoms with Crippen molar-refractivity contribution in [2.24, 2.45) is 0 Å². The van der Waals surface area contributed by atoms with Gasteiger partial charge in [-0.15, -0.1) is 0 Å². The molecule has 1 N–H and O–H groups in total. The van der Waals surface area contributed by atoms with Gasteiger partial charge in [-0.1, -0.05) is 0 Å². The number of nitrogens with zero attached hydrogens (tertiary/aromatic N) is 2. The summed E-state index contributed by atoms with van der Waals surface area (Å²) < 4.78 is 7.65. The minimum atomic E-state index is -0.0453. The number of amides is 1. The van der Waals surface area contributed by atoms with Crippen LogP contribution in [0.3, 0.4) is 0 Å². The Morgan fingerprint density at radius 1 is 1.67 bits per heavy atom. The zero-order valence-electron chi connectivity index (χ0n) is 11.3. The molecule has 2 rings (SSSR count). The van der Waals surface area contributed by atoms with Crippen molar-refractivity contribution < 1.29 is 9.53 Å². The Morgan fingerprint density at radius 2 is 2.44 bits per heavy atom. The van der Waals surface area contributed by atoms with Crippen LogP contribution in [0, 0.1) is 6.92 Å². The molecule has 5 heteroatoms. The third kappa shape index (κ3) is 3.32. The van der Waals surface area contributed by atoms with Gasteiger partial charge in [0.05, 0.1) is 11.7 Å². The standard InChI is InChI=1S/C13H21N3O2/c1-10-14-6-7-16(10)9-12(17)15-8-11-4-5-13(2,3)18-11/h6-7,11H,4-5,8-9H2,1-3H3,(H,15,17). The summed E-state index contributed by atoms with van der Waals surface area (Å²) in [6.45, 7) is 6.97. The molecule has 0 aliphatic carbocycles. The van der Waals surface area contributed by atoms with E-state index < -0.39 is 0 Å². The quantitative estimate of drug-likeness (QED) is 0.876. The van der Waals surface area contributed by atoms with Crippen LogP contribution < -0.4 is 5.32 Å². The molecule has 0 radical (unpaired) electrons. The van der Waals surface area contributed by atoms with E-state index in [0.29, 0.717) is 13.1 Å². The van der Waals surface area contributed by atoms with Crippen LogP contribution in [0.15, 0.2) is 12.4 Å². The molecule has 18 heavy (non-hydrogen) atoms. The Kier molecular flexibility index (Phi) is 3.71. The van der Waals surface area contributed by atoms with Gasteiger partial charge in [0.15, 0.2) is 0 Å². The van der Waals surface area contributed by atoms with E-state index >= 15 is 0 Å². The first-order valence-electron chi connectivity index (χ1n) is 6.38. The maximum atomic E-state index is 11.8. The largest absolute Gasteiger partial charge is 0.371 e. The smallest absolute Gasteiger partial charge is 0.240 e. The first-order valence-corrected chi connectivity index (χ1v) is 6.38. The van der Waals surface area contributed by atoms with Gasteiger partial charge in [0.2, 0.25) is 5.91 Å². The Labute approximate surface area is 108 Å². The highest BCUT2D eigenvalue weighted by Gasteiger charge is 2.31. The number of imidazole rings is 1. The Bertz CT molecular complexity index is 426. The summed E-state index contributed by atoms with van der Waals surface area (Å²) in [7, 11) is 0. The molecule has 1 fully saturated rings. The minimum absolute atomic E-state index is 0.00408. The monoisotopic (exact) mass is 251 g/mol. The zero-order chi connectivity index (χ0) is 13.2. The second-order valence-electron chi connectivity index (χ2n) is 5.44. The number of carbonyl (C=O) groups is 1. The van der Waals surface area contributed by atoms with E-state index in [1.165, 1.54) is 0 Å². The molecular weight excluding hydrogens is 230 g/mol. The van der Waals surface area contributed by atoms with E-state index in [1.807, 2.05) is 17.7 Å². The first-order chi connectivity index (χ1) is 8.46. The molecule has 1 aromatic heterocycles. The van der Waals surface area contributed by atoms with E-state index in [4.69, 9.17) is 4.74 Å². The van der Waals surface area contributed by atoms with Crippen LogP contribution in [0.25, 0.3) is 0 Å².